The van der Waals surface area contributed by atoms with Gasteiger partial charge in [0.25, 0.3) is 5.91 Å². The number of carbonyl (C=O) groups excluding carboxylic acids is 1. The van der Waals surface area contributed by atoms with Crippen LogP contribution < -0.4 is 5.32 Å². The molecule has 2 rings (SSSR count). The van der Waals surface area contributed by atoms with E-state index in [1.165, 1.54) is 5.56 Å². The third-order valence-corrected chi connectivity index (χ3v) is 3.43. The molecule has 0 bridgehead atoms. The van der Waals surface area contributed by atoms with Crippen LogP contribution in [0.25, 0.3) is 0 Å². The van der Waals surface area contributed by atoms with E-state index in [4.69, 9.17) is 0 Å². The fourth-order valence-corrected chi connectivity index (χ4v) is 2.11. The van der Waals surface area contributed by atoms with Crippen molar-refractivity contribution >= 4 is 27.5 Å². The summed E-state index contributed by atoms with van der Waals surface area (Å²) in [5, 5.41) is 2.93. The van der Waals surface area contributed by atoms with Crippen LogP contribution in [-0.2, 0) is 0 Å². The van der Waals surface area contributed by atoms with Crippen LogP contribution in [-0.4, -0.2) is 5.91 Å². The molecule has 3 heteroatoms. The van der Waals surface area contributed by atoms with Gasteiger partial charge in [0.05, 0.1) is 0 Å². The van der Waals surface area contributed by atoms with Crippen molar-refractivity contribution in [3.05, 3.63) is 63.6 Å². The first-order chi connectivity index (χ1) is 8.58. The second-order valence-corrected chi connectivity index (χ2v) is 5.13. The number of hydrogen-bond acceptors (Lipinski definition) is 1. The summed E-state index contributed by atoms with van der Waals surface area (Å²) in [6, 6.07) is 13.2. The Balaban J connectivity index is 2.24. The van der Waals surface area contributed by atoms with Gasteiger partial charge >= 0.3 is 0 Å². The van der Waals surface area contributed by atoms with Crippen molar-refractivity contribution in [3.63, 3.8) is 0 Å². The fourth-order valence-electron chi connectivity index (χ4n) is 1.71. The molecule has 2 aromatic carbocycles. The standard InChI is InChI=1S/C15H14BrNO/c1-10-5-3-8-14(11(10)2)17-15(18)12-6-4-7-13(16)9-12/h3-9H,1-2H3,(H,17,18). The van der Waals surface area contributed by atoms with E-state index in [1.54, 1.807) is 12.1 Å². The largest absolute Gasteiger partial charge is 0.322 e. The van der Waals surface area contributed by atoms with Gasteiger partial charge in [-0.05, 0) is 49.2 Å². The highest BCUT2D eigenvalue weighted by atomic mass is 79.9. The number of hydrogen-bond donors (Lipinski definition) is 1. The Bertz CT molecular complexity index is 593. The summed E-state index contributed by atoms with van der Waals surface area (Å²) in [6.45, 7) is 4.04. The summed E-state index contributed by atoms with van der Waals surface area (Å²) in [5.74, 6) is -0.0926. The van der Waals surface area contributed by atoms with Crippen molar-refractivity contribution in [1.82, 2.24) is 0 Å². The van der Waals surface area contributed by atoms with E-state index in [0.717, 1.165) is 15.7 Å². The van der Waals surface area contributed by atoms with Crippen LogP contribution in [0.5, 0.6) is 0 Å². The number of nitrogens with one attached hydrogen (secondary N) is 1. The molecule has 0 aliphatic heterocycles. The normalized spacial score (nSPS) is 10.2. The molecule has 1 N–H and O–H groups in total. The average Bonchev–Trinajstić information content (AvgIpc) is 2.35. The maximum absolute atomic E-state index is 12.1. The van der Waals surface area contributed by atoms with Gasteiger partial charge in [-0.3, -0.25) is 4.79 Å². The zero-order valence-corrected chi connectivity index (χ0v) is 11.9. The predicted molar refractivity (Wildman–Crippen MR) is 78.0 cm³/mol. The summed E-state index contributed by atoms with van der Waals surface area (Å²) in [5.41, 5.74) is 3.77. The Morgan fingerprint density at radius 3 is 2.56 bits per heavy atom. The number of amides is 1. The fraction of sp³-hybridized carbons (Fsp3) is 0.133. The molecule has 1 amide bonds. The van der Waals surface area contributed by atoms with E-state index in [-0.39, 0.29) is 5.91 Å². The van der Waals surface area contributed by atoms with E-state index in [1.807, 2.05) is 44.2 Å². The lowest BCUT2D eigenvalue weighted by molar-refractivity contribution is 0.102. The lowest BCUT2D eigenvalue weighted by atomic mass is 10.1. The molecule has 0 spiro atoms. The van der Waals surface area contributed by atoms with Crippen LogP contribution in [0.1, 0.15) is 21.5 Å². The quantitative estimate of drug-likeness (QED) is 0.879. The Kier molecular flexibility index (Phi) is 3.82. The zero-order valence-electron chi connectivity index (χ0n) is 10.3. The molecule has 18 heavy (non-hydrogen) atoms. The number of benzene rings is 2. The molecule has 0 radical (unpaired) electrons. The SMILES string of the molecule is Cc1cccc(NC(=O)c2cccc(Br)c2)c1C. The number of halogens is 1. The van der Waals surface area contributed by atoms with Gasteiger partial charge in [-0.15, -0.1) is 0 Å². The highest BCUT2D eigenvalue weighted by Gasteiger charge is 2.08. The first kappa shape index (κ1) is 12.8. The van der Waals surface area contributed by atoms with Crippen molar-refractivity contribution < 1.29 is 4.79 Å². The molecule has 0 heterocycles. The van der Waals surface area contributed by atoms with E-state index in [9.17, 15) is 4.79 Å². The first-order valence-corrected chi connectivity index (χ1v) is 6.50. The Hall–Kier alpha value is -1.61. The average molecular weight is 304 g/mol. The Morgan fingerprint density at radius 1 is 1.11 bits per heavy atom. The van der Waals surface area contributed by atoms with E-state index in [0.29, 0.717) is 5.56 Å². The van der Waals surface area contributed by atoms with Gasteiger partial charge in [0, 0.05) is 15.7 Å². The van der Waals surface area contributed by atoms with Gasteiger partial charge in [-0.1, -0.05) is 34.1 Å². The van der Waals surface area contributed by atoms with Crippen molar-refractivity contribution in [2.75, 3.05) is 5.32 Å². The molecule has 0 aliphatic carbocycles. The van der Waals surface area contributed by atoms with Crippen LogP contribution in [0.4, 0.5) is 5.69 Å². The number of anilines is 1. The van der Waals surface area contributed by atoms with Gasteiger partial charge in [-0.25, -0.2) is 0 Å². The van der Waals surface area contributed by atoms with Crippen LogP contribution in [0, 0.1) is 13.8 Å². The molecule has 0 saturated heterocycles. The minimum absolute atomic E-state index is 0.0926. The summed E-state index contributed by atoms with van der Waals surface area (Å²) >= 11 is 3.36. The molecule has 0 aromatic heterocycles. The van der Waals surface area contributed by atoms with Gasteiger partial charge in [0.2, 0.25) is 0 Å². The number of rotatable bonds is 2. The van der Waals surface area contributed by atoms with Gasteiger partial charge in [-0.2, -0.15) is 0 Å². The summed E-state index contributed by atoms with van der Waals surface area (Å²) < 4.78 is 0.899. The second-order valence-electron chi connectivity index (χ2n) is 4.21. The lowest BCUT2D eigenvalue weighted by Gasteiger charge is -2.10. The maximum atomic E-state index is 12.1. The van der Waals surface area contributed by atoms with Crippen LogP contribution >= 0.6 is 15.9 Å². The minimum Gasteiger partial charge on any atom is -0.322 e. The lowest BCUT2D eigenvalue weighted by Crippen LogP contribution is -2.12. The third kappa shape index (κ3) is 2.79. The highest BCUT2D eigenvalue weighted by molar-refractivity contribution is 9.10. The van der Waals surface area contributed by atoms with Crippen molar-refractivity contribution in [2.45, 2.75) is 13.8 Å². The van der Waals surface area contributed by atoms with E-state index in [2.05, 4.69) is 21.2 Å². The molecule has 92 valence electrons. The van der Waals surface area contributed by atoms with Gasteiger partial charge < -0.3 is 5.32 Å². The predicted octanol–water partition coefficient (Wildman–Crippen LogP) is 4.32. The zero-order chi connectivity index (χ0) is 13.1. The summed E-state index contributed by atoms with van der Waals surface area (Å²) in [7, 11) is 0. The highest BCUT2D eigenvalue weighted by Crippen LogP contribution is 2.19. The molecule has 2 aromatic rings. The third-order valence-electron chi connectivity index (χ3n) is 2.94. The van der Waals surface area contributed by atoms with Crippen LogP contribution in [0.3, 0.4) is 0 Å². The van der Waals surface area contributed by atoms with Crippen molar-refractivity contribution in [1.29, 1.82) is 0 Å². The van der Waals surface area contributed by atoms with Gasteiger partial charge in [0.15, 0.2) is 0 Å². The molecule has 2 nitrogen and oxygen atoms in total. The molecular weight excluding hydrogens is 290 g/mol. The molecule has 0 atom stereocenters. The topological polar surface area (TPSA) is 29.1 Å². The summed E-state index contributed by atoms with van der Waals surface area (Å²) in [6.07, 6.45) is 0. The van der Waals surface area contributed by atoms with Crippen molar-refractivity contribution in [2.24, 2.45) is 0 Å². The second kappa shape index (κ2) is 5.36. The first-order valence-electron chi connectivity index (χ1n) is 5.71. The summed E-state index contributed by atoms with van der Waals surface area (Å²) in [4.78, 5) is 12.1. The monoisotopic (exact) mass is 303 g/mol. The Morgan fingerprint density at radius 2 is 1.83 bits per heavy atom. The molecule has 0 saturated carbocycles. The maximum Gasteiger partial charge on any atom is 0.255 e. The molecular formula is C15H14BrNO. The minimum atomic E-state index is -0.0926. The Labute approximate surface area is 115 Å². The molecule has 0 fully saturated rings. The van der Waals surface area contributed by atoms with E-state index >= 15 is 0 Å². The molecule has 0 aliphatic rings. The number of aryl methyl sites for hydroxylation is 1. The molecule has 0 unspecified atom stereocenters. The van der Waals surface area contributed by atoms with Crippen LogP contribution in [0.15, 0.2) is 46.9 Å². The van der Waals surface area contributed by atoms with Crippen molar-refractivity contribution in [3.8, 4) is 0 Å². The number of carbonyl (C=O) groups is 1. The van der Waals surface area contributed by atoms with Crippen LogP contribution in [0.2, 0.25) is 0 Å². The van der Waals surface area contributed by atoms with Gasteiger partial charge in [0.1, 0.15) is 0 Å². The van der Waals surface area contributed by atoms with E-state index < -0.39 is 0 Å². The smallest absolute Gasteiger partial charge is 0.255 e.